The monoisotopic (exact) mass is 374 g/mol. The number of carboxylic acids is 1. The van der Waals surface area contributed by atoms with Crippen molar-refractivity contribution < 1.29 is 9.90 Å². The van der Waals surface area contributed by atoms with E-state index in [9.17, 15) is 9.90 Å². The molecule has 0 fully saturated rings. The molecule has 28 heavy (non-hydrogen) atoms. The van der Waals surface area contributed by atoms with Crippen LogP contribution in [0.2, 0.25) is 0 Å². The summed E-state index contributed by atoms with van der Waals surface area (Å²) >= 11 is 0. The number of hydrogen-bond donors (Lipinski definition) is 2. The third-order valence-electron chi connectivity index (χ3n) is 4.81. The Morgan fingerprint density at radius 2 is 1.75 bits per heavy atom. The Hall–Kier alpha value is -2.98. The standard InChI is InChI=1S/C24H26N2O2/c1-15(2)12-22-21(14-25)20(17-10-8-16(3)9-11-17)13-23(26-22)18-6-4-5-7-19(18)24(27)28/h4-11,13,15H,12,14,25H2,1-3H3,(H,27,28). The molecule has 0 aliphatic heterocycles. The number of nitrogens with two attached hydrogens (primary N) is 1. The van der Waals surface area contributed by atoms with E-state index in [0.717, 1.165) is 28.8 Å². The van der Waals surface area contributed by atoms with Gasteiger partial charge < -0.3 is 10.8 Å². The van der Waals surface area contributed by atoms with E-state index >= 15 is 0 Å². The number of benzene rings is 2. The summed E-state index contributed by atoms with van der Waals surface area (Å²) in [6.07, 6.45) is 0.786. The van der Waals surface area contributed by atoms with Crippen molar-refractivity contribution in [1.82, 2.24) is 4.98 Å². The van der Waals surface area contributed by atoms with Crippen LogP contribution in [0.25, 0.3) is 22.4 Å². The maximum Gasteiger partial charge on any atom is 0.336 e. The highest BCUT2D eigenvalue weighted by Gasteiger charge is 2.18. The molecule has 0 aliphatic rings. The summed E-state index contributed by atoms with van der Waals surface area (Å²) in [5, 5.41) is 9.61. The van der Waals surface area contributed by atoms with Crippen LogP contribution in [0.1, 0.15) is 41.0 Å². The largest absolute Gasteiger partial charge is 0.478 e. The Morgan fingerprint density at radius 1 is 1.07 bits per heavy atom. The van der Waals surface area contributed by atoms with Gasteiger partial charge >= 0.3 is 5.97 Å². The molecule has 0 spiro atoms. The summed E-state index contributed by atoms with van der Waals surface area (Å²) in [5.74, 6) is -0.545. The van der Waals surface area contributed by atoms with E-state index in [1.54, 1.807) is 12.1 Å². The van der Waals surface area contributed by atoms with Crippen molar-refractivity contribution in [3.05, 3.63) is 77.0 Å². The zero-order valence-electron chi connectivity index (χ0n) is 16.6. The lowest BCUT2D eigenvalue weighted by molar-refractivity contribution is 0.0697. The van der Waals surface area contributed by atoms with Gasteiger partial charge in [0.25, 0.3) is 0 Å². The molecule has 0 bridgehead atoms. The number of nitrogens with zero attached hydrogens (tertiary/aromatic N) is 1. The Kier molecular flexibility index (Phi) is 5.90. The van der Waals surface area contributed by atoms with Gasteiger partial charge in [0.2, 0.25) is 0 Å². The van der Waals surface area contributed by atoms with E-state index in [2.05, 4.69) is 45.0 Å². The molecule has 0 saturated carbocycles. The van der Waals surface area contributed by atoms with Crippen LogP contribution in [0.4, 0.5) is 0 Å². The third kappa shape index (κ3) is 4.12. The van der Waals surface area contributed by atoms with E-state index < -0.39 is 5.97 Å². The second-order valence-corrected chi connectivity index (χ2v) is 7.50. The fourth-order valence-electron chi connectivity index (χ4n) is 3.43. The van der Waals surface area contributed by atoms with Crippen molar-refractivity contribution in [2.45, 2.75) is 33.7 Å². The van der Waals surface area contributed by atoms with Gasteiger partial charge in [0.15, 0.2) is 0 Å². The summed E-state index contributed by atoms with van der Waals surface area (Å²) in [7, 11) is 0. The zero-order valence-corrected chi connectivity index (χ0v) is 16.6. The van der Waals surface area contributed by atoms with Gasteiger partial charge in [-0.25, -0.2) is 4.79 Å². The summed E-state index contributed by atoms with van der Waals surface area (Å²) in [6.45, 7) is 6.73. The van der Waals surface area contributed by atoms with Gasteiger partial charge in [-0.1, -0.05) is 61.9 Å². The molecule has 1 heterocycles. The number of hydrogen-bond acceptors (Lipinski definition) is 3. The number of aromatic carboxylic acids is 1. The molecule has 0 atom stereocenters. The first-order valence-electron chi connectivity index (χ1n) is 9.53. The van der Waals surface area contributed by atoms with Crippen LogP contribution in [0.5, 0.6) is 0 Å². The predicted molar refractivity (Wildman–Crippen MR) is 113 cm³/mol. The maximum absolute atomic E-state index is 11.7. The lowest BCUT2D eigenvalue weighted by Gasteiger charge is -2.18. The molecule has 3 rings (SSSR count). The first-order chi connectivity index (χ1) is 13.4. The highest BCUT2D eigenvalue weighted by Crippen LogP contribution is 2.32. The summed E-state index contributed by atoms with van der Waals surface area (Å²) in [5.41, 5.74) is 12.9. The smallest absolute Gasteiger partial charge is 0.336 e. The van der Waals surface area contributed by atoms with E-state index in [4.69, 9.17) is 10.7 Å². The summed E-state index contributed by atoms with van der Waals surface area (Å²) in [6, 6.07) is 17.3. The minimum Gasteiger partial charge on any atom is -0.478 e. The molecule has 2 aromatic carbocycles. The molecule has 3 aromatic rings. The number of aromatic nitrogens is 1. The van der Waals surface area contributed by atoms with Crippen LogP contribution in [-0.2, 0) is 13.0 Å². The lowest BCUT2D eigenvalue weighted by atomic mass is 9.92. The Morgan fingerprint density at radius 3 is 2.36 bits per heavy atom. The molecule has 4 nitrogen and oxygen atoms in total. The fraction of sp³-hybridized carbons (Fsp3) is 0.250. The summed E-state index contributed by atoms with van der Waals surface area (Å²) < 4.78 is 0. The Bertz CT molecular complexity index is 992. The van der Waals surface area contributed by atoms with Gasteiger partial charge in [0, 0.05) is 17.8 Å². The highest BCUT2D eigenvalue weighted by molar-refractivity contribution is 5.96. The number of carbonyl (C=O) groups is 1. The van der Waals surface area contributed by atoms with Crippen LogP contribution >= 0.6 is 0 Å². The number of rotatable bonds is 6. The quantitative estimate of drug-likeness (QED) is 0.631. The maximum atomic E-state index is 11.7. The number of aryl methyl sites for hydroxylation is 1. The topological polar surface area (TPSA) is 76.2 Å². The van der Waals surface area contributed by atoms with Crippen molar-refractivity contribution >= 4 is 5.97 Å². The fourth-order valence-corrected chi connectivity index (χ4v) is 3.43. The molecule has 3 N–H and O–H groups in total. The molecule has 0 unspecified atom stereocenters. The van der Waals surface area contributed by atoms with Crippen molar-refractivity contribution in [2.75, 3.05) is 0 Å². The average molecular weight is 374 g/mol. The van der Waals surface area contributed by atoms with Crippen LogP contribution < -0.4 is 5.73 Å². The van der Waals surface area contributed by atoms with E-state index in [1.807, 2.05) is 18.2 Å². The van der Waals surface area contributed by atoms with Crippen molar-refractivity contribution in [3.63, 3.8) is 0 Å². The lowest BCUT2D eigenvalue weighted by Crippen LogP contribution is -2.10. The SMILES string of the molecule is Cc1ccc(-c2cc(-c3ccccc3C(=O)O)nc(CC(C)C)c2CN)cc1. The Balaban J connectivity index is 2.28. The second kappa shape index (κ2) is 8.36. The normalized spacial score (nSPS) is 11.0. The average Bonchev–Trinajstić information content (AvgIpc) is 2.67. The number of carboxylic acid groups (broad SMARTS) is 1. The van der Waals surface area contributed by atoms with Gasteiger partial charge in [0.1, 0.15) is 0 Å². The van der Waals surface area contributed by atoms with Gasteiger partial charge in [-0.3, -0.25) is 4.98 Å². The Labute approximate surface area is 166 Å². The predicted octanol–water partition coefficient (Wildman–Crippen LogP) is 5.08. The van der Waals surface area contributed by atoms with Gasteiger partial charge in [-0.15, -0.1) is 0 Å². The van der Waals surface area contributed by atoms with E-state index in [1.165, 1.54) is 5.56 Å². The second-order valence-electron chi connectivity index (χ2n) is 7.50. The van der Waals surface area contributed by atoms with Crippen LogP contribution in [0.3, 0.4) is 0 Å². The van der Waals surface area contributed by atoms with Crippen molar-refractivity contribution in [3.8, 4) is 22.4 Å². The molecular formula is C24H26N2O2. The molecule has 1 aromatic heterocycles. The molecule has 0 saturated heterocycles. The van der Waals surface area contributed by atoms with E-state index in [0.29, 0.717) is 23.7 Å². The molecule has 0 radical (unpaired) electrons. The van der Waals surface area contributed by atoms with E-state index in [-0.39, 0.29) is 5.56 Å². The first kappa shape index (κ1) is 19.8. The van der Waals surface area contributed by atoms with Crippen LogP contribution in [0, 0.1) is 12.8 Å². The van der Waals surface area contributed by atoms with Crippen LogP contribution in [-0.4, -0.2) is 16.1 Å². The molecule has 0 aliphatic carbocycles. The van der Waals surface area contributed by atoms with Crippen molar-refractivity contribution in [2.24, 2.45) is 11.7 Å². The minimum atomic E-state index is -0.956. The molecule has 144 valence electrons. The highest BCUT2D eigenvalue weighted by atomic mass is 16.4. The van der Waals surface area contributed by atoms with Crippen molar-refractivity contribution in [1.29, 1.82) is 0 Å². The zero-order chi connectivity index (χ0) is 20.3. The molecule has 4 heteroatoms. The molecule has 0 amide bonds. The van der Waals surface area contributed by atoms with Gasteiger partial charge in [-0.2, -0.15) is 0 Å². The molecular weight excluding hydrogens is 348 g/mol. The summed E-state index contributed by atoms with van der Waals surface area (Å²) in [4.78, 5) is 16.6. The van der Waals surface area contributed by atoms with Gasteiger partial charge in [-0.05, 0) is 48.1 Å². The number of pyridine rings is 1. The van der Waals surface area contributed by atoms with Gasteiger partial charge in [0.05, 0.1) is 11.3 Å². The first-order valence-corrected chi connectivity index (χ1v) is 9.53. The minimum absolute atomic E-state index is 0.251. The third-order valence-corrected chi connectivity index (χ3v) is 4.81. The van der Waals surface area contributed by atoms with Crippen LogP contribution in [0.15, 0.2) is 54.6 Å².